The Labute approximate surface area is 199 Å². The molecule has 2 aliphatic rings. The summed E-state index contributed by atoms with van der Waals surface area (Å²) in [6.45, 7) is 8.57. The fraction of sp³-hybridized carbons (Fsp3) is 0.739. The molecule has 33 heavy (non-hydrogen) atoms. The van der Waals surface area contributed by atoms with Gasteiger partial charge in [-0.1, -0.05) is 19.1 Å². The Hall–Kier alpha value is -1.20. The van der Waals surface area contributed by atoms with Crippen LogP contribution in [-0.2, 0) is 32.9 Å². The van der Waals surface area contributed by atoms with Gasteiger partial charge in [0.15, 0.2) is 0 Å². The summed E-state index contributed by atoms with van der Waals surface area (Å²) in [5, 5.41) is 2.88. The lowest BCUT2D eigenvalue weighted by atomic mass is 9.92. The maximum absolute atomic E-state index is 12.8. The normalized spacial score (nSPS) is 20.7. The highest BCUT2D eigenvalue weighted by Crippen LogP contribution is 2.27. The van der Waals surface area contributed by atoms with Crippen LogP contribution in [0.5, 0.6) is 5.75 Å². The van der Waals surface area contributed by atoms with Crippen LogP contribution >= 0.6 is 0 Å². The number of piperidine rings is 1. The Balaban J connectivity index is 1.41. The molecule has 3 unspecified atom stereocenters. The van der Waals surface area contributed by atoms with E-state index in [0.29, 0.717) is 31.0 Å². The van der Waals surface area contributed by atoms with E-state index < -0.39 is 25.3 Å². The molecule has 0 aromatic heterocycles. The predicted octanol–water partition coefficient (Wildman–Crippen LogP) is 1.76. The summed E-state index contributed by atoms with van der Waals surface area (Å²) in [7, 11) is -6.93. The second kappa shape index (κ2) is 11.0. The van der Waals surface area contributed by atoms with Crippen LogP contribution in [0.1, 0.15) is 44.7 Å². The molecule has 2 heterocycles. The molecule has 1 aromatic carbocycles. The number of nitrogens with one attached hydrogen (secondary N) is 2. The fourth-order valence-electron chi connectivity index (χ4n) is 4.47. The monoisotopic (exact) mass is 501 g/mol. The molecule has 0 spiro atoms. The Bertz CT molecular complexity index is 1000. The second-order valence-electron chi connectivity index (χ2n) is 9.74. The van der Waals surface area contributed by atoms with Crippen molar-refractivity contribution in [3.8, 4) is 5.75 Å². The summed E-state index contributed by atoms with van der Waals surface area (Å²) in [5.74, 6) is 1.94. The van der Waals surface area contributed by atoms with Crippen molar-refractivity contribution in [1.29, 1.82) is 0 Å². The van der Waals surface area contributed by atoms with Gasteiger partial charge in [-0.3, -0.25) is 0 Å². The molecule has 1 saturated heterocycles. The van der Waals surface area contributed by atoms with E-state index in [9.17, 15) is 16.8 Å². The van der Waals surface area contributed by atoms with Crippen LogP contribution in [0.2, 0.25) is 0 Å². The van der Waals surface area contributed by atoms with Crippen molar-refractivity contribution in [3.63, 3.8) is 0 Å². The van der Waals surface area contributed by atoms with Crippen molar-refractivity contribution in [2.24, 2.45) is 11.8 Å². The molecule has 8 nitrogen and oxygen atoms in total. The van der Waals surface area contributed by atoms with Gasteiger partial charge in [-0.2, -0.15) is 0 Å². The first-order valence-electron chi connectivity index (χ1n) is 11.9. The Morgan fingerprint density at radius 3 is 2.48 bits per heavy atom. The second-order valence-corrected chi connectivity index (χ2v) is 13.9. The summed E-state index contributed by atoms with van der Waals surface area (Å²) in [5.41, 5.74) is 2.65. The van der Waals surface area contributed by atoms with Crippen LogP contribution in [0.25, 0.3) is 0 Å². The van der Waals surface area contributed by atoms with E-state index in [4.69, 9.17) is 4.74 Å². The molecular weight excluding hydrogens is 462 g/mol. The third-order valence-corrected chi connectivity index (χ3v) is 9.93. The first-order chi connectivity index (χ1) is 15.5. The van der Waals surface area contributed by atoms with Gasteiger partial charge in [0.2, 0.25) is 20.0 Å². The van der Waals surface area contributed by atoms with Crippen LogP contribution < -0.4 is 14.8 Å². The molecule has 3 rings (SSSR count). The van der Waals surface area contributed by atoms with Gasteiger partial charge in [-0.15, -0.1) is 0 Å². The van der Waals surface area contributed by atoms with Gasteiger partial charge in [-0.05, 0) is 68.7 Å². The lowest BCUT2D eigenvalue weighted by molar-refractivity contribution is 0.253. The maximum atomic E-state index is 12.8. The lowest BCUT2D eigenvalue weighted by Crippen LogP contribution is -2.47. The average molecular weight is 502 g/mol. The van der Waals surface area contributed by atoms with Crippen molar-refractivity contribution in [1.82, 2.24) is 14.3 Å². The van der Waals surface area contributed by atoms with Crippen LogP contribution in [0.3, 0.4) is 0 Å². The molecule has 2 aliphatic heterocycles. The van der Waals surface area contributed by atoms with Gasteiger partial charge in [0.05, 0.1) is 18.1 Å². The zero-order chi connectivity index (χ0) is 24.2. The summed E-state index contributed by atoms with van der Waals surface area (Å²) in [6, 6.07) is 6.88. The highest BCUT2D eigenvalue weighted by atomic mass is 32.2. The minimum absolute atomic E-state index is 0.102. The minimum Gasteiger partial charge on any atom is -0.493 e. The number of rotatable bonds is 11. The topological polar surface area (TPSA) is 105 Å². The van der Waals surface area contributed by atoms with Crippen molar-refractivity contribution in [2.75, 3.05) is 39.0 Å². The molecule has 1 fully saturated rings. The van der Waals surface area contributed by atoms with Gasteiger partial charge < -0.3 is 10.1 Å². The molecule has 10 heteroatoms. The lowest BCUT2D eigenvalue weighted by Gasteiger charge is -2.34. The highest BCUT2D eigenvalue weighted by Gasteiger charge is 2.32. The van der Waals surface area contributed by atoms with Crippen LogP contribution in [-0.4, -0.2) is 71.5 Å². The van der Waals surface area contributed by atoms with Gasteiger partial charge >= 0.3 is 0 Å². The standard InChI is InChI=1S/C23H39N3O5S2/c1-17(13-21-5-6-23-22(14-21)9-12-31-23)19(3)24-16-20-7-10-26(11-8-20)33(29,30)18(2)15-25-32(4,27)28/h5-6,14,17-20,24-25H,7-13,15-16H2,1-4H3. The van der Waals surface area contributed by atoms with Gasteiger partial charge in [0, 0.05) is 32.1 Å². The molecule has 0 bridgehead atoms. The van der Waals surface area contributed by atoms with E-state index in [1.807, 2.05) is 0 Å². The number of benzene rings is 1. The average Bonchev–Trinajstić information content (AvgIpc) is 3.23. The summed E-state index contributed by atoms with van der Waals surface area (Å²) >= 11 is 0. The molecule has 2 N–H and O–H groups in total. The van der Waals surface area contributed by atoms with Gasteiger partial charge in [0.25, 0.3) is 0 Å². The molecule has 0 radical (unpaired) electrons. The van der Waals surface area contributed by atoms with Crippen LogP contribution in [0.4, 0.5) is 0 Å². The maximum Gasteiger partial charge on any atom is 0.218 e. The highest BCUT2D eigenvalue weighted by molar-refractivity contribution is 7.90. The first kappa shape index (κ1) is 26.4. The Kier molecular flexibility index (Phi) is 8.82. The van der Waals surface area contributed by atoms with E-state index in [1.165, 1.54) is 15.4 Å². The third kappa shape index (κ3) is 7.39. The molecule has 0 aliphatic carbocycles. The molecule has 3 atom stereocenters. The number of hydrogen-bond acceptors (Lipinski definition) is 6. The molecule has 1 aromatic rings. The molecule has 188 valence electrons. The van der Waals surface area contributed by atoms with E-state index in [2.05, 4.69) is 42.1 Å². The summed E-state index contributed by atoms with van der Waals surface area (Å²) in [6.07, 6.45) is 4.66. The SMILES string of the molecule is CC(Cc1ccc2c(c1)CCO2)C(C)NCC1CCN(S(=O)(=O)C(C)CNS(C)(=O)=O)CC1. The Morgan fingerprint density at radius 1 is 1.12 bits per heavy atom. The minimum atomic E-state index is -3.51. The third-order valence-electron chi connectivity index (χ3n) is 6.97. The number of nitrogens with zero attached hydrogens (tertiary/aromatic N) is 1. The van der Waals surface area contributed by atoms with Crippen LogP contribution in [0, 0.1) is 11.8 Å². The number of sulfonamides is 2. The van der Waals surface area contributed by atoms with E-state index in [0.717, 1.165) is 50.8 Å². The van der Waals surface area contributed by atoms with Gasteiger partial charge in [-0.25, -0.2) is 25.9 Å². The number of hydrogen-bond donors (Lipinski definition) is 2. The molecule has 0 saturated carbocycles. The fourth-order valence-corrected chi connectivity index (χ4v) is 6.65. The van der Waals surface area contributed by atoms with E-state index in [1.54, 1.807) is 6.92 Å². The zero-order valence-corrected chi connectivity index (χ0v) is 21.8. The van der Waals surface area contributed by atoms with Crippen molar-refractivity contribution in [2.45, 2.75) is 57.7 Å². The van der Waals surface area contributed by atoms with Crippen LogP contribution in [0.15, 0.2) is 18.2 Å². The smallest absolute Gasteiger partial charge is 0.218 e. The largest absolute Gasteiger partial charge is 0.493 e. The predicted molar refractivity (Wildman–Crippen MR) is 131 cm³/mol. The van der Waals surface area contributed by atoms with Crippen molar-refractivity contribution < 1.29 is 21.6 Å². The Morgan fingerprint density at radius 2 is 1.82 bits per heavy atom. The summed E-state index contributed by atoms with van der Waals surface area (Å²) in [4.78, 5) is 0. The van der Waals surface area contributed by atoms with E-state index >= 15 is 0 Å². The van der Waals surface area contributed by atoms with Gasteiger partial charge in [0.1, 0.15) is 5.75 Å². The molecular formula is C23H39N3O5S2. The first-order valence-corrected chi connectivity index (χ1v) is 15.3. The molecule has 0 amide bonds. The van der Waals surface area contributed by atoms with Crippen molar-refractivity contribution >= 4 is 20.0 Å². The summed E-state index contributed by atoms with van der Waals surface area (Å²) < 4.78 is 57.5. The van der Waals surface area contributed by atoms with E-state index in [-0.39, 0.29) is 6.54 Å². The number of ether oxygens (including phenoxy) is 1. The van der Waals surface area contributed by atoms with Crippen molar-refractivity contribution in [3.05, 3.63) is 29.3 Å². The zero-order valence-electron chi connectivity index (χ0n) is 20.2. The number of fused-ring (bicyclic) bond motifs is 1. The quantitative estimate of drug-likeness (QED) is 0.479.